The molecule has 6 nitrogen and oxygen atoms in total. The predicted octanol–water partition coefficient (Wildman–Crippen LogP) is -0.0402. The molecule has 0 radical (unpaired) electrons. The van der Waals surface area contributed by atoms with Crippen LogP contribution in [0.2, 0.25) is 0 Å². The molecule has 1 unspecified atom stereocenters. The molecule has 1 saturated heterocycles. The second kappa shape index (κ2) is 5.52. The van der Waals surface area contributed by atoms with Gasteiger partial charge in [0.1, 0.15) is 17.7 Å². The van der Waals surface area contributed by atoms with Gasteiger partial charge in [0.05, 0.1) is 0 Å². The summed E-state index contributed by atoms with van der Waals surface area (Å²) in [4.78, 5) is 24.7. The number of aromatic nitrogens is 2. The van der Waals surface area contributed by atoms with Crippen molar-refractivity contribution in [3.8, 4) is 0 Å². The molecule has 1 aromatic heterocycles. The zero-order valence-electron chi connectivity index (χ0n) is 12.0. The molecule has 0 aromatic carbocycles. The Bertz CT molecular complexity index is 454. The van der Waals surface area contributed by atoms with Gasteiger partial charge in [0, 0.05) is 45.5 Å². The summed E-state index contributed by atoms with van der Waals surface area (Å²) in [5.41, 5.74) is 0.928. The van der Waals surface area contributed by atoms with Crippen molar-refractivity contribution in [1.82, 2.24) is 20.2 Å². The molecule has 19 heavy (non-hydrogen) atoms. The highest BCUT2D eigenvalue weighted by atomic mass is 16.2. The summed E-state index contributed by atoms with van der Waals surface area (Å²) in [6.45, 7) is 6.11. The highest BCUT2D eigenvalue weighted by Crippen LogP contribution is 2.17. The van der Waals surface area contributed by atoms with E-state index in [4.69, 9.17) is 0 Å². The molecule has 104 valence electrons. The Morgan fingerprint density at radius 2 is 2.16 bits per heavy atom. The van der Waals surface area contributed by atoms with Crippen molar-refractivity contribution in [2.45, 2.75) is 19.9 Å². The van der Waals surface area contributed by atoms with Crippen molar-refractivity contribution >= 4 is 11.7 Å². The maximum absolute atomic E-state index is 12.3. The first-order valence-corrected chi connectivity index (χ1v) is 6.50. The Morgan fingerprint density at radius 3 is 2.79 bits per heavy atom. The minimum Gasteiger partial charge on any atom is -0.347 e. The number of nitrogens with one attached hydrogen (secondary N) is 1. The summed E-state index contributed by atoms with van der Waals surface area (Å²) in [5.74, 6) is 1.68. The first kappa shape index (κ1) is 13.7. The maximum atomic E-state index is 12.3. The molecule has 1 amide bonds. The van der Waals surface area contributed by atoms with Crippen molar-refractivity contribution in [2.24, 2.45) is 0 Å². The zero-order valence-corrected chi connectivity index (χ0v) is 12.0. The molecular formula is C13H21N5O. The van der Waals surface area contributed by atoms with Gasteiger partial charge in [-0.05, 0) is 13.8 Å². The van der Waals surface area contributed by atoms with Crippen LogP contribution in [0.25, 0.3) is 0 Å². The van der Waals surface area contributed by atoms with Crippen molar-refractivity contribution < 1.29 is 4.79 Å². The lowest BCUT2D eigenvalue weighted by Gasteiger charge is -2.37. The van der Waals surface area contributed by atoms with Gasteiger partial charge in [-0.2, -0.15) is 0 Å². The van der Waals surface area contributed by atoms with E-state index in [0.29, 0.717) is 6.54 Å². The van der Waals surface area contributed by atoms with E-state index in [1.807, 2.05) is 19.9 Å². The third kappa shape index (κ3) is 3.01. The number of piperazine rings is 1. The number of amides is 1. The molecule has 1 aliphatic heterocycles. The molecular weight excluding hydrogens is 242 g/mol. The van der Waals surface area contributed by atoms with E-state index in [9.17, 15) is 4.79 Å². The van der Waals surface area contributed by atoms with Gasteiger partial charge in [0.15, 0.2) is 0 Å². The number of carbonyl (C=O) groups is 1. The van der Waals surface area contributed by atoms with Crippen LogP contribution in [0.3, 0.4) is 0 Å². The lowest BCUT2D eigenvalue weighted by Crippen LogP contribution is -2.58. The summed E-state index contributed by atoms with van der Waals surface area (Å²) in [6.07, 6.45) is 0. The first-order chi connectivity index (χ1) is 8.99. The molecule has 1 aromatic rings. The Labute approximate surface area is 113 Å². The van der Waals surface area contributed by atoms with Gasteiger partial charge < -0.3 is 15.1 Å². The molecule has 1 N–H and O–H groups in total. The number of hydrogen-bond donors (Lipinski definition) is 1. The molecule has 0 aliphatic carbocycles. The van der Waals surface area contributed by atoms with Crippen molar-refractivity contribution in [1.29, 1.82) is 0 Å². The average molecular weight is 263 g/mol. The highest BCUT2D eigenvalue weighted by molar-refractivity contribution is 5.85. The van der Waals surface area contributed by atoms with E-state index in [-0.39, 0.29) is 11.9 Å². The Kier molecular flexibility index (Phi) is 3.99. The van der Waals surface area contributed by atoms with E-state index in [2.05, 4.69) is 20.2 Å². The van der Waals surface area contributed by atoms with Crippen LogP contribution in [0.1, 0.15) is 11.5 Å². The van der Waals surface area contributed by atoms with Gasteiger partial charge in [0.2, 0.25) is 5.91 Å². The predicted molar refractivity (Wildman–Crippen MR) is 74.2 cm³/mol. The molecule has 1 fully saturated rings. The Balaban J connectivity index is 2.31. The van der Waals surface area contributed by atoms with E-state index in [1.165, 1.54) is 0 Å². The van der Waals surface area contributed by atoms with Crippen molar-refractivity contribution in [3.05, 3.63) is 17.6 Å². The van der Waals surface area contributed by atoms with Gasteiger partial charge in [-0.3, -0.25) is 4.79 Å². The third-order valence-corrected chi connectivity index (χ3v) is 3.22. The van der Waals surface area contributed by atoms with Crippen LogP contribution in [0, 0.1) is 13.8 Å². The van der Waals surface area contributed by atoms with Crippen molar-refractivity contribution in [3.63, 3.8) is 0 Å². The largest absolute Gasteiger partial charge is 0.347 e. The monoisotopic (exact) mass is 263 g/mol. The summed E-state index contributed by atoms with van der Waals surface area (Å²) in [7, 11) is 3.57. The number of anilines is 1. The standard InChI is InChI=1S/C13H21N5O/c1-9-7-12(16-10(2)15-9)18-6-5-14-8-11(18)13(19)17(3)4/h7,11,14H,5-6,8H2,1-4H3. The summed E-state index contributed by atoms with van der Waals surface area (Å²) >= 11 is 0. The van der Waals surface area contributed by atoms with Crippen LogP contribution in [-0.4, -0.2) is 60.5 Å². The van der Waals surface area contributed by atoms with Crippen molar-refractivity contribution in [2.75, 3.05) is 38.6 Å². The smallest absolute Gasteiger partial charge is 0.246 e. The van der Waals surface area contributed by atoms with Gasteiger partial charge in [-0.1, -0.05) is 0 Å². The molecule has 2 heterocycles. The summed E-state index contributed by atoms with van der Waals surface area (Å²) < 4.78 is 0. The number of carbonyl (C=O) groups excluding carboxylic acids is 1. The van der Waals surface area contributed by atoms with Crippen LogP contribution < -0.4 is 10.2 Å². The molecule has 2 rings (SSSR count). The molecule has 6 heteroatoms. The zero-order chi connectivity index (χ0) is 14.0. The molecule has 0 saturated carbocycles. The first-order valence-electron chi connectivity index (χ1n) is 6.50. The topological polar surface area (TPSA) is 61.4 Å². The SMILES string of the molecule is Cc1cc(N2CCNCC2C(=O)N(C)C)nc(C)n1. The molecule has 1 atom stereocenters. The van der Waals surface area contributed by atoms with Crippen LogP contribution in [0.4, 0.5) is 5.82 Å². The number of aryl methyl sites for hydroxylation is 2. The number of rotatable bonds is 2. The highest BCUT2D eigenvalue weighted by Gasteiger charge is 2.30. The maximum Gasteiger partial charge on any atom is 0.246 e. The second-order valence-corrected chi connectivity index (χ2v) is 5.06. The quantitative estimate of drug-likeness (QED) is 0.811. The molecule has 0 bridgehead atoms. The fourth-order valence-corrected chi connectivity index (χ4v) is 2.34. The molecule has 1 aliphatic rings. The van der Waals surface area contributed by atoms with Gasteiger partial charge >= 0.3 is 0 Å². The number of hydrogen-bond acceptors (Lipinski definition) is 5. The summed E-state index contributed by atoms with van der Waals surface area (Å²) in [6, 6.07) is 1.74. The third-order valence-electron chi connectivity index (χ3n) is 3.22. The van der Waals surface area contributed by atoms with Crippen LogP contribution in [0.5, 0.6) is 0 Å². The minimum absolute atomic E-state index is 0.0983. The van der Waals surface area contributed by atoms with Gasteiger partial charge in [-0.15, -0.1) is 0 Å². The van der Waals surface area contributed by atoms with Gasteiger partial charge in [-0.25, -0.2) is 9.97 Å². The fourth-order valence-electron chi connectivity index (χ4n) is 2.34. The molecule has 0 spiro atoms. The Morgan fingerprint density at radius 1 is 1.42 bits per heavy atom. The average Bonchev–Trinajstić information content (AvgIpc) is 2.36. The van der Waals surface area contributed by atoms with Gasteiger partial charge in [0.25, 0.3) is 0 Å². The van der Waals surface area contributed by atoms with E-state index in [0.717, 1.165) is 30.4 Å². The lowest BCUT2D eigenvalue weighted by molar-refractivity contribution is -0.130. The Hall–Kier alpha value is -1.69. The van der Waals surface area contributed by atoms with Crippen LogP contribution >= 0.6 is 0 Å². The fraction of sp³-hybridized carbons (Fsp3) is 0.615. The minimum atomic E-state index is -0.197. The van der Waals surface area contributed by atoms with Crippen LogP contribution in [0.15, 0.2) is 6.07 Å². The van der Waals surface area contributed by atoms with E-state index < -0.39 is 0 Å². The summed E-state index contributed by atoms with van der Waals surface area (Å²) in [5, 5.41) is 3.27. The van der Waals surface area contributed by atoms with E-state index in [1.54, 1.807) is 19.0 Å². The number of nitrogens with zero attached hydrogens (tertiary/aromatic N) is 4. The lowest BCUT2D eigenvalue weighted by atomic mass is 10.1. The van der Waals surface area contributed by atoms with E-state index >= 15 is 0 Å². The number of likely N-dealkylation sites (N-methyl/N-ethyl adjacent to an activating group) is 1. The normalized spacial score (nSPS) is 19.4. The van der Waals surface area contributed by atoms with Crippen LogP contribution in [-0.2, 0) is 4.79 Å². The second-order valence-electron chi connectivity index (χ2n) is 5.06.